The highest BCUT2D eigenvalue weighted by Gasteiger charge is 2.30. The summed E-state index contributed by atoms with van der Waals surface area (Å²) in [6, 6.07) is 9.48. The molecule has 0 bridgehead atoms. The molecule has 1 aromatic heterocycles. The summed E-state index contributed by atoms with van der Waals surface area (Å²) in [5.74, 6) is -0.439. The number of aromatic nitrogens is 3. The normalized spacial score (nSPS) is 11.6. The minimum Gasteiger partial charge on any atom is -0.504 e. The number of hydrogen-bond acceptors (Lipinski definition) is 4. The van der Waals surface area contributed by atoms with Gasteiger partial charge in [0.1, 0.15) is 0 Å². The maximum atomic E-state index is 12.7. The highest BCUT2D eigenvalue weighted by molar-refractivity contribution is 5.41. The van der Waals surface area contributed by atoms with Crippen molar-refractivity contribution in [1.82, 2.24) is 15.0 Å². The van der Waals surface area contributed by atoms with Gasteiger partial charge < -0.3 is 10.2 Å². The van der Waals surface area contributed by atoms with Crippen molar-refractivity contribution < 1.29 is 23.4 Å². The van der Waals surface area contributed by atoms with E-state index in [1.165, 1.54) is 22.9 Å². The van der Waals surface area contributed by atoms with E-state index in [9.17, 15) is 23.4 Å². The quantitative estimate of drug-likeness (QED) is 0.709. The average Bonchev–Trinajstić information content (AvgIpc) is 2.97. The lowest BCUT2D eigenvalue weighted by Gasteiger charge is -2.08. The van der Waals surface area contributed by atoms with E-state index in [0.717, 1.165) is 17.7 Å². The van der Waals surface area contributed by atoms with Gasteiger partial charge in [-0.05, 0) is 35.4 Å². The summed E-state index contributed by atoms with van der Waals surface area (Å²) < 4.78 is 39.7. The molecule has 130 valence electrons. The van der Waals surface area contributed by atoms with Crippen LogP contribution in [-0.4, -0.2) is 25.2 Å². The first-order chi connectivity index (χ1) is 11.8. The minimum absolute atomic E-state index is 0.164. The maximum absolute atomic E-state index is 12.7. The SMILES string of the molecule is Oc1ccc(Cc2cn(Cc3cccc(C(F)(F)F)c3)nn2)cc1O. The van der Waals surface area contributed by atoms with E-state index in [-0.39, 0.29) is 18.0 Å². The largest absolute Gasteiger partial charge is 0.504 e. The number of benzene rings is 2. The van der Waals surface area contributed by atoms with Gasteiger partial charge >= 0.3 is 6.18 Å². The number of halogens is 3. The second kappa shape index (κ2) is 6.46. The van der Waals surface area contributed by atoms with Gasteiger partial charge in [0.25, 0.3) is 0 Å². The second-order valence-corrected chi connectivity index (χ2v) is 5.61. The molecule has 1 heterocycles. The number of phenolic OH excluding ortho intramolecular Hbond substituents is 2. The van der Waals surface area contributed by atoms with E-state index in [4.69, 9.17) is 0 Å². The Labute approximate surface area is 141 Å². The summed E-state index contributed by atoms with van der Waals surface area (Å²) in [6.07, 6.45) is -2.38. The molecule has 0 aliphatic carbocycles. The van der Waals surface area contributed by atoms with Crippen molar-refractivity contribution in [2.24, 2.45) is 0 Å². The van der Waals surface area contributed by atoms with E-state index < -0.39 is 11.7 Å². The zero-order valence-electron chi connectivity index (χ0n) is 12.9. The average molecular weight is 349 g/mol. The molecule has 0 amide bonds. The molecule has 0 fully saturated rings. The zero-order valence-corrected chi connectivity index (χ0v) is 12.9. The lowest BCUT2D eigenvalue weighted by Crippen LogP contribution is -2.07. The summed E-state index contributed by atoms with van der Waals surface area (Å²) in [5.41, 5.74) is 1.08. The molecular weight excluding hydrogens is 335 g/mol. The summed E-state index contributed by atoms with van der Waals surface area (Å²) in [4.78, 5) is 0. The van der Waals surface area contributed by atoms with Crippen molar-refractivity contribution in [3.63, 3.8) is 0 Å². The molecule has 0 radical (unpaired) electrons. The Hall–Kier alpha value is -3.03. The van der Waals surface area contributed by atoms with E-state index in [1.54, 1.807) is 18.3 Å². The molecular formula is C17H14F3N3O2. The van der Waals surface area contributed by atoms with E-state index in [0.29, 0.717) is 17.7 Å². The number of aromatic hydroxyl groups is 2. The fourth-order valence-corrected chi connectivity index (χ4v) is 2.42. The Kier molecular flexibility index (Phi) is 4.35. The third-order valence-corrected chi connectivity index (χ3v) is 3.61. The molecule has 0 spiro atoms. The Morgan fingerprint density at radius 3 is 2.48 bits per heavy atom. The van der Waals surface area contributed by atoms with Gasteiger partial charge in [-0.25, -0.2) is 4.68 Å². The van der Waals surface area contributed by atoms with Gasteiger partial charge in [0.15, 0.2) is 11.5 Å². The molecule has 3 rings (SSSR count). The Balaban J connectivity index is 1.72. The van der Waals surface area contributed by atoms with Crippen LogP contribution in [-0.2, 0) is 19.1 Å². The molecule has 8 heteroatoms. The van der Waals surface area contributed by atoms with Gasteiger partial charge in [-0.3, -0.25) is 0 Å². The van der Waals surface area contributed by atoms with Gasteiger partial charge in [0.05, 0.1) is 17.8 Å². The highest BCUT2D eigenvalue weighted by atomic mass is 19.4. The van der Waals surface area contributed by atoms with Crippen molar-refractivity contribution >= 4 is 0 Å². The van der Waals surface area contributed by atoms with Gasteiger partial charge in [0.2, 0.25) is 0 Å². The molecule has 0 aliphatic heterocycles. The number of rotatable bonds is 4. The second-order valence-electron chi connectivity index (χ2n) is 5.61. The van der Waals surface area contributed by atoms with Crippen LogP contribution in [0.15, 0.2) is 48.7 Å². The number of phenols is 2. The van der Waals surface area contributed by atoms with Crippen molar-refractivity contribution in [2.45, 2.75) is 19.1 Å². The third kappa shape index (κ3) is 4.09. The molecule has 0 saturated carbocycles. The Bertz CT molecular complexity index is 891. The summed E-state index contributed by atoms with van der Waals surface area (Å²) in [7, 11) is 0. The van der Waals surface area contributed by atoms with Crippen LogP contribution in [0.3, 0.4) is 0 Å². The molecule has 2 N–H and O–H groups in total. The van der Waals surface area contributed by atoms with E-state index in [1.807, 2.05) is 0 Å². The predicted molar refractivity (Wildman–Crippen MR) is 83.1 cm³/mol. The summed E-state index contributed by atoms with van der Waals surface area (Å²) in [5, 5.41) is 26.7. The van der Waals surface area contributed by atoms with Gasteiger partial charge in [0, 0.05) is 12.6 Å². The van der Waals surface area contributed by atoms with Crippen LogP contribution < -0.4 is 0 Å². The summed E-state index contributed by atoms with van der Waals surface area (Å²) >= 11 is 0. The van der Waals surface area contributed by atoms with Crippen LogP contribution in [0.2, 0.25) is 0 Å². The van der Waals surface area contributed by atoms with Crippen LogP contribution in [0.4, 0.5) is 13.2 Å². The molecule has 3 aromatic rings. The maximum Gasteiger partial charge on any atom is 0.416 e. The topological polar surface area (TPSA) is 71.2 Å². The molecule has 0 aliphatic rings. The van der Waals surface area contributed by atoms with Crippen molar-refractivity contribution in [2.75, 3.05) is 0 Å². The first-order valence-corrected chi connectivity index (χ1v) is 7.37. The zero-order chi connectivity index (χ0) is 18.0. The molecule has 25 heavy (non-hydrogen) atoms. The molecule has 0 unspecified atom stereocenters. The van der Waals surface area contributed by atoms with Crippen LogP contribution in [0.1, 0.15) is 22.4 Å². The molecule has 5 nitrogen and oxygen atoms in total. The van der Waals surface area contributed by atoms with Gasteiger partial charge in [-0.2, -0.15) is 13.2 Å². The van der Waals surface area contributed by atoms with E-state index >= 15 is 0 Å². The van der Waals surface area contributed by atoms with Gasteiger partial charge in [-0.15, -0.1) is 5.10 Å². The highest BCUT2D eigenvalue weighted by Crippen LogP contribution is 2.29. The molecule has 0 atom stereocenters. The molecule has 2 aromatic carbocycles. The van der Waals surface area contributed by atoms with Crippen molar-refractivity contribution in [1.29, 1.82) is 0 Å². The van der Waals surface area contributed by atoms with Gasteiger partial charge in [-0.1, -0.05) is 23.4 Å². The fourth-order valence-electron chi connectivity index (χ4n) is 2.42. The first kappa shape index (κ1) is 16.8. The fraction of sp³-hybridized carbons (Fsp3) is 0.176. The van der Waals surface area contributed by atoms with Crippen LogP contribution in [0.25, 0.3) is 0 Å². The predicted octanol–water partition coefficient (Wildman–Crippen LogP) is 3.35. The number of nitrogens with zero attached hydrogens (tertiary/aromatic N) is 3. The number of hydrogen-bond donors (Lipinski definition) is 2. The Morgan fingerprint density at radius 2 is 1.76 bits per heavy atom. The first-order valence-electron chi connectivity index (χ1n) is 7.37. The standard InChI is InChI=1S/C17H14F3N3O2/c18-17(19,20)13-3-1-2-12(6-13)9-23-10-14(21-22-23)7-11-4-5-15(24)16(25)8-11/h1-6,8,10,24-25H,7,9H2. The summed E-state index contributed by atoms with van der Waals surface area (Å²) in [6.45, 7) is 0.164. The van der Waals surface area contributed by atoms with Crippen LogP contribution in [0, 0.1) is 0 Å². The van der Waals surface area contributed by atoms with Crippen LogP contribution in [0.5, 0.6) is 11.5 Å². The van der Waals surface area contributed by atoms with Crippen molar-refractivity contribution in [3.8, 4) is 11.5 Å². The smallest absolute Gasteiger partial charge is 0.416 e. The van der Waals surface area contributed by atoms with Crippen molar-refractivity contribution in [3.05, 3.63) is 71.0 Å². The number of alkyl halides is 3. The Morgan fingerprint density at radius 1 is 0.960 bits per heavy atom. The third-order valence-electron chi connectivity index (χ3n) is 3.61. The monoisotopic (exact) mass is 349 g/mol. The molecule has 0 saturated heterocycles. The minimum atomic E-state index is -4.38. The lowest BCUT2D eigenvalue weighted by atomic mass is 10.1. The van der Waals surface area contributed by atoms with Crippen LogP contribution >= 0.6 is 0 Å². The van der Waals surface area contributed by atoms with E-state index in [2.05, 4.69) is 10.3 Å². The lowest BCUT2D eigenvalue weighted by molar-refractivity contribution is -0.137.